The third kappa shape index (κ3) is 5.35. The maximum Gasteiger partial charge on any atom is 0.266 e. The SMILES string of the molecule is O=C(COc1ccccc1/C=C1\SC(=S)N(CCc2ccccc2)C1=O)N1CCCC1. The Morgan fingerprint density at radius 2 is 1.77 bits per heavy atom. The average molecular weight is 453 g/mol. The molecule has 0 saturated carbocycles. The van der Waals surface area contributed by atoms with Crippen LogP contribution >= 0.6 is 24.0 Å². The van der Waals surface area contributed by atoms with Crippen molar-refractivity contribution in [2.75, 3.05) is 26.2 Å². The van der Waals surface area contributed by atoms with E-state index in [9.17, 15) is 9.59 Å². The summed E-state index contributed by atoms with van der Waals surface area (Å²) in [6.45, 7) is 2.15. The van der Waals surface area contributed by atoms with Crippen LogP contribution in [0.2, 0.25) is 0 Å². The number of carbonyl (C=O) groups excluding carboxylic acids is 2. The van der Waals surface area contributed by atoms with Crippen LogP contribution in [0.15, 0.2) is 59.5 Å². The van der Waals surface area contributed by atoms with Gasteiger partial charge < -0.3 is 9.64 Å². The van der Waals surface area contributed by atoms with Crippen LogP contribution < -0.4 is 4.74 Å². The standard InChI is InChI=1S/C24H24N2O3S2/c27-22(25-13-6-7-14-25)17-29-20-11-5-4-10-19(20)16-21-23(28)26(24(30)31-21)15-12-18-8-2-1-3-9-18/h1-5,8-11,16H,6-7,12-15,17H2/b21-16-. The van der Waals surface area contributed by atoms with Crippen LogP contribution in [0.1, 0.15) is 24.0 Å². The highest BCUT2D eigenvalue weighted by molar-refractivity contribution is 8.26. The molecule has 0 aromatic heterocycles. The Labute approximate surface area is 192 Å². The normalized spacial score (nSPS) is 17.6. The van der Waals surface area contributed by atoms with Gasteiger partial charge in [-0.2, -0.15) is 0 Å². The summed E-state index contributed by atoms with van der Waals surface area (Å²) in [6, 6.07) is 17.5. The second kappa shape index (κ2) is 10.1. The van der Waals surface area contributed by atoms with Gasteiger partial charge in [0, 0.05) is 25.2 Å². The predicted octanol–water partition coefficient (Wildman–Crippen LogP) is 4.13. The van der Waals surface area contributed by atoms with Crippen LogP contribution in [0, 0.1) is 0 Å². The van der Waals surface area contributed by atoms with E-state index in [4.69, 9.17) is 17.0 Å². The molecule has 2 aliphatic heterocycles. The summed E-state index contributed by atoms with van der Waals surface area (Å²) < 4.78 is 6.38. The van der Waals surface area contributed by atoms with Gasteiger partial charge in [0.2, 0.25) is 0 Å². The highest BCUT2D eigenvalue weighted by atomic mass is 32.2. The number of para-hydroxylation sites is 1. The van der Waals surface area contributed by atoms with Gasteiger partial charge in [-0.15, -0.1) is 0 Å². The third-order valence-corrected chi connectivity index (χ3v) is 6.73. The van der Waals surface area contributed by atoms with Crippen molar-refractivity contribution < 1.29 is 14.3 Å². The summed E-state index contributed by atoms with van der Waals surface area (Å²) in [5.74, 6) is 0.498. The van der Waals surface area contributed by atoms with E-state index in [2.05, 4.69) is 0 Å². The second-order valence-corrected chi connectivity index (χ2v) is 9.16. The molecule has 0 radical (unpaired) electrons. The molecule has 2 aliphatic rings. The van der Waals surface area contributed by atoms with Crippen molar-refractivity contribution in [1.82, 2.24) is 9.80 Å². The van der Waals surface area contributed by atoms with E-state index in [-0.39, 0.29) is 18.4 Å². The molecule has 0 atom stereocenters. The van der Waals surface area contributed by atoms with E-state index in [1.165, 1.54) is 17.3 Å². The molecule has 0 unspecified atom stereocenters. The maximum atomic E-state index is 12.9. The number of carbonyl (C=O) groups is 2. The van der Waals surface area contributed by atoms with Gasteiger partial charge in [0.25, 0.3) is 11.8 Å². The summed E-state index contributed by atoms with van der Waals surface area (Å²) >= 11 is 6.76. The summed E-state index contributed by atoms with van der Waals surface area (Å²) in [5.41, 5.74) is 1.93. The number of ether oxygens (including phenoxy) is 1. The minimum Gasteiger partial charge on any atom is -0.483 e. The molecular weight excluding hydrogens is 428 g/mol. The lowest BCUT2D eigenvalue weighted by molar-refractivity contribution is -0.132. The van der Waals surface area contributed by atoms with Crippen LogP contribution in [-0.4, -0.2) is 52.2 Å². The van der Waals surface area contributed by atoms with E-state index in [0.717, 1.165) is 37.9 Å². The van der Waals surface area contributed by atoms with Crippen molar-refractivity contribution in [3.05, 3.63) is 70.6 Å². The maximum absolute atomic E-state index is 12.9. The number of hydrogen-bond acceptors (Lipinski definition) is 5. The molecular formula is C24H24N2O3S2. The first-order chi connectivity index (χ1) is 15.1. The monoisotopic (exact) mass is 452 g/mol. The highest BCUT2D eigenvalue weighted by Gasteiger charge is 2.31. The molecule has 0 bridgehead atoms. The molecule has 7 heteroatoms. The first-order valence-corrected chi connectivity index (χ1v) is 11.6. The number of thiocarbonyl (C=S) groups is 1. The van der Waals surface area contributed by atoms with Crippen molar-refractivity contribution in [3.8, 4) is 5.75 Å². The summed E-state index contributed by atoms with van der Waals surface area (Å²) in [7, 11) is 0. The number of nitrogens with zero attached hydrogens (tertiary/aromatic N) is 2. The minimum absolute atomic E-state index is 0.000427. The number of thioether (sulfide) groups is 1. The molecule has 4 rings (SSSR count). The Kier molecular flexibility index (Phi) is 7.04. The third-order valence-electron chi connectivity index (χ3n) is 5.36. The lowest BCUT2D eigenvalue weighted by Gasteiger charge is -2.16. The van der Waals surface area contributed by atoms with E-state index >= 15 is 0 Å². The molecule has 2 amide bonds. The van der Waals surface area contributed by atoms with Crippen LogP contribution in [-0.2, 0) is 16.0 Å². The molecule has 2 fully saturated rings. The molecule has 160 valence electrons. The Balaban J connectivity index is 1.42. The fourth-order valence-electron chi connectivity index (χ4n) is 3.65. The van der Waals surface area contributed by atoms with Crippen molar-refractivity contribution in [2.45, 2.75) is 19.3 Å². The minimum atomic E-state index is -0.0890. The summed E-state index contributed by atoms with van der Waals surface area (Å²) in [5, 5.41) is 0. The molecule has 2 aromatic carbocycles. The molecule has 2 heterocycles. The zero-order valence-electron chi connectivity index (χ0n) is 17.2. The molecule has 2 aromatic rings. The number of benzene rings is 2. The number of hydrogen-bond donors (Lipinski definition) is 0. The number of amides is 2. The van der Waals surface area contributed by atoms with E-state index in [1.807, 2.05) is 59.5 Å². The van der Waals surface area contributed by atoms with Crippen LogP contribution in [0.4, 0.5) is 0 Å². The largest absolute Gasteiger partial charge is 0.483 e. The first kappa shape index (κ1) is 21.6. The Bertz CT molecular complexity index is 1000. The second-order valence-electron chi connectivity index (χ2n) is 7.48. The molecule has 2 saturated heterocycles. The van der Waals surface area contributed by atoms with Gasteiger partial charge in [-0.05, 0) is 37.0 Å². The zero-order chi connectivity index (χ0) is 21.6. The number of likely N-dealkylation sites (tertiary alicyclic amines) is 1. The lowest BCUT2D eigenvalue weighted by atomic mass is 10.1. The van der Waals surface area contributed by atoms with E-state index < -0.39 is 0 Å². The Morgan fingerprint density at radius 3 is 2.55 bits per heavy atom. The van der Waals surface area contributed by atoms with E-state index in [0.29, 0.717) is 21.5 Å². The predicted molar refractivity (Wildman–Crippen MR) is 128 cm³/mol. The fourth-order valence-corrected chi connectivity index (χ4v) is 4.95. The summed E-state index contributed by atoms with van der Waals surface area (Å²) in [6.07, 6.45) is 4.65. The van der Waals surface area contributed by atoms with Crippen LogP contribution in [0.3, 0.4) is 0 Å². The van der Waals surface area contributed by atoms with Gasteiger partial charge >= 0.3 is 0 Å². The lowest BCUT2D eigenvalue weighted by Crippen LogP contribution is -2.32. The smallest absolute Gasteiger partial charge is 0.266 e. The van der Waals surface area contributed by atoms with Gasteiger partial charge in [0.1, 0.15) is 10.1 Å². The van der Waals surface area contributed by atoms with Crippen molar-refractivity contribution in [3.63, 3.8) is 0 Å². The van der Waals surface area contributed by atoms with Gasteiger partial charge in [-0.3, -0.25) is 14.5 Å². The quantitative estimate of drug-likeness (QED) is 0.467. The first-order valence-electron chi connectivity index (χ1n) is 10.4. The van der Waals surface area contributed by atoms with Crippen molar-refractivity contribution >= 4 is 46.2 Å². The Morgan fingerprint density at radius 1 is 1.06 bits per heavy atom. The number of rotatable bonds is 7. The van der Waals surface area contributed by atoms with Crippen LogP contribution in [0.25, 0.3) is 6.08 Å². The molecule has 0 spiro atoms. The van der Waals surface area contributed by atoms with Crippen molar-refractivity contribution in [2.24, 2.45) is 0 Å². The van der Waals surface area contributed by atoms with Crippen molar-refractivity contribution in [1.29, 1.82) is 0 Å². The highest BCUT2D eigenvalue weighted by Crippen LogP contribution is 2.34. The Hall–Kier alpha value is -2.64. The van der Waals surface area contributed by atoms with Crippen LogP contribution in [0.5, 0.6) is 5.75 Å². The fraction of sp³-hybridized carbons (Fsp3) is 0.292. The van der Waals surface area contributed by atoms with Gasteiger partial charge in [-0.25, -0.2) is 0 Å². The van der Waals surface area contributed by atoms with E-state index in [1.54, 1.807) is 11.0 Å². The zero-order valence-corrected chi connectivity index (χ0v) is 18.8. The molecule has 0 aliphatic carbocycles. The van der Waals surface area contributed by atoms with Gasteiger partial charge in [0.05, 0.1) is 4.91 Å². The topological polar surface area (TPSA) is 49.9 Å². The molecule has 5 nitrogen and oxygen atoms in total. The van der Waals surface area contributed by atoms with Gasteiger partial charge in [-0.1, -0.05) is 72.5 Å². The molecule has 0 N–H and O–H groups in total. The van der Waals surface area contributed by atoms with Gasteiger partial charge in [0.15, 0.2) is 6.61 Å². The average Bonchev–Trinajstić information content (AvgIpc) is 3.41. The molecule has 31 heavy (non-hydrogen) atoms. The summed E-state index contributed by atoms with van der Waals surface area (Å²) in [4.78, 5) is 29.3.